The van der Waals surface area contributed by atoms with Gasteiger partial charge >= 0.3 is 5.97 Å². The Bertz CT molecular complexity index is 778. The van der Waals surface area contributed by atoms with E-state index in [1.807, 2.05) is 30.3 Å². The zero-order valence-corrected chi connectivity index (χ0v) is 14.9. The predicted molar refractivity (Wildman–Crippen MR) is 98.5 cm³/mol. The number of halogens is 1. The molecule has 0 aliphatic carbocycles. The first-order valence-electron chi connectivity index (χ1n) is 8.43. The molecule has 26 heavy (non-hydrogen) atoms. The number of hydrogen-bond acceptors (Lipinski definition) is 3. The van der Waals surface area contributed by atoms with E-state index in [4.69, 9.17) is 0 Å². The third-order valence-electron chi connectivity index (χ3n) is 4.17. The lowest BCUT2D eigenvalue weighted by molar-refractivity contribution is -0.139. The highest BCUT2D eigenvalue weighted by Gasteiger charge is 2.18. The first-order chi connectivity index (χ1) is 12.4. The minimum Gasteiger partial charge on any atom is -0.480 e. The standard InChI is InChI=1S/C20H23FN2O3/c1-13-16(10-17(11-18(13)21)23-14(2)24)8-9-19(20(25)26)22-12-15-6-4-3-5-7-15/h3-7,10-11,19,22H,8-9,12H2,1-2H3,(H,23,24)(H,25,26). The lowest BCUT2D eigenvalue weighted by Crippen LogP contribution is -2.36. The highest BCUT2D eigenvalue weighted by Crippen LogP contribution is 2.21. The van der Waals surface area contributed by atoms with Crippen LogP contribution in [0.4, 0.5) is 10.1 Å². The van der Waals surface area contributed by atoms with Gasteiger partial charge in [0.15, 0.2) is 0 Å². The van der Waals surface area contributed by atoms with Crippen LogP contribution >= 0.6 is 0 Å². The number of aliphatic carboxylic acids is 1. The van der Waals surface area contributed by atoms with Gasteiger partial charge < -0.3 is 15.7 Å². The molecule has 0 spiro atoms. The van der Waals surface area contributed by atoms with E-state index in [9.17, 15) is 19.1 Å². The molecule has 5 nitrogen and oxygen atoms in total. The van der Waals surface area contributed by atoms with Crippen LogP contribution in [0.2, 0.25) is 0 Å². The molecule has 138 valence electrons. The topological polar surface area (TPSA) is 78.4 Å². The highest BCUT2D eigenvalue weighted by atomic mass is 19.1. The summed E-state index contributed by atoms with van der Waals surface area (Å²) in [5.41, 5.74) is 2.51. The highest BCUT2D eigenvalue weighted by molar-refractivity contribution is 5.88. The molecule has 6 heteroatoms. The molecule has 2 aromatic rings. The number of anilines is 1. The van der Waals surface area contributed by atoms with Crippen LogP contribution in [0, 0.1) is 12.7 Å². The van der Waals surface area contributed by atoms with Crippen LogP contribution in [0.5, 0.6) is 0 Å². The predicted octanol–water partition coefficient (Wildman–Crippen LogP) is 3.27. The van der Waals surface area contributed by atoms with Crippen LogP contribution in [-0.4, -0.2) is 23.0 Å². The number of carboxylic acids is 1. The average molecular weight is 358 g/mol. The van der Waals surface area contributed by atoms with Gasteiger partial charge in [-0.3, -0.25) is 9.59 Å². The van der Waals surface area contributed by atoms with E-state index in [0.29, 0.717) is 36.2 Å². The van der Waals surface area contributed by atoms with Crippen molar-refractivity contribution >= 4 is 17.6 Å². The number of hydrogen-bond donors (Lipinski definition) is 3. The van der Waals surface area contributed by atoms with Crippen LogP contribution in [0.25, 0.3) is 0 Å². The third kappa shape index (κ3) is 5.67. The smallest absolute Gasteiger partial charge is 0.320 e. The van der Waals surface area contributed by atoms with Gasteiger partial charge in [0, 0.05) is 19.2 Å². The summed E-state index contributed by atoms with van der Waals surface area (Å²) in [6.07, 6.45) is 0.695. The molecule has 0 bridgehead atoms. The van der Waals surface area contributed by atoms with Crippen molar-refractivity contribution in [3.63, 3.8) is 0 Å². The summed E-state index contributed by atoms with van der Waals surface area (Å²) in [6.45, 7) is 3.44. The fraction of sp³-hybridized carbons (Fsp3) is 0.300. The molecule has 1 atom stereocenters. The van der Waals surface area contributed by atoms with Crippen molar-refractivity contribution in [2.75, 3.05) is 5.32 Å². The second-order valence-electron chi connectivity index (χ2n) is 6.22. The summed E-state index contributed by atoms with van der Waals surface area (Å²) in [7, 11) is 0. The van der Waals surface area contributed by atoms with Gasteiger partial charge in [-0.25, -0.2) is 4.39 Å². The summed E-state index contributed by atoms with van der Waals surface area (Å²) >= 11 is 0. The van der Waals surface area contributed by atoms with Crippen molar-refractivity contribution in [1.29, 1.82) is 0 Å². The quantitative estimate of drug-likeness (QED) is 0.677. The van der Waals surface area contributed by atoms with E-state index in [0.717, 1.165) is 5.56 Å². The maximum Gasteiger partial charge on any atom is 0.320 e. The number of aryl methyl sites for hydroxylation is 1. The molecule has 0 aromatic heterocycles. The molecule has 0 heterocycles. The molecule has 1 unspecified atom stereocenters. The molecule has 3 N–H and O–H groups in total. The number of nitrogens with one attached hydrogen (secondary N) is 2. The summed E-state index contributed by atoms with van der Waals surface area (Å²) in [6, 6.07) is 11.7. The molecule has 0 saturated carbocycles. The maximum atomic E-state index is 14.1. The number of carbonyl (C=O) groups is 2. The Kier molecular flexibility index (Phi) is 6.86. The van der Waals surface area contributed by atoms with Crippen molar-refractivity contribution in [1.82, 2.24) is 5.32 Å². The Labute approximate surface area is 152 Å². The first-order valence-corrected chi connectivity index (χ1v) is 8.43. The fourth-order valence-corrected chi connectivity index (χ4v) is 2.72. The SMILES string of the molecule is CC(=O)Nc1cc(F)c(C)c(CCC(NCc2ccccc2)C(=O)O)c1. The normalized spacial score (nSPS) is 11.8. The van der Waals surface area contributed by atoms with Gasteiger partial charge in [0.05, 0.1) is 0 Å². The first kappa shape index (κ1) is 19.6. The zero-order valence-electron chi connectivity index (χ0n) is 14.9. The number of benzene rings is 2. The molecule has 0 aliphatic heterocycles. The molecule has 1 amide bonds. The van der Waals surface area contributed by atoms with Gasteiger partial charge in [0.1, 0.15) is 11.9 Å². The van der Waals surface area contributed by atoms with E-state index in [1.54, 1.807) is 13.0 Å². The summed E-state index contributed by atoms with van der Waals surface area (Å²) in [5, 5.41) is 15.0. The van der Waals surface area contributed by atoms with Crippen molar-refractivity contribution in [3.05, 3.63) is 65.0 Å². The van der Waals surface area contributed by atoms with Gasteiger partial charge in [-0.2, -0.15) is 0 Å². The van der Waals surface area contributed by atoms with Crippen molar-refractivity contribution < 1.29 is 19.1 Å². The van der Waals surface area contributed by atoms with Crippen LogP contribution in [0.15, 0.2) is 42.5 Å². The molecule has 0 fully saturated rings. The largest absolute Gasteiger partial charge is 0.480 e. The Hall–Kier alpha value is -2.73. The monoisotopic (exact) mass is 358 g/mol. The lowest BCUT2D eigenvalue weighted by Gasteiger charge is -2.16. The van der Waals surface area contributed by atoms with Gasteiger partial charge in [-0.1, -0.05) is 30.3 Å². The Balaban J connectivity index is 2.05. The summed E-state index contributed by atoms with van der Waals surface area (Å²) in [5.74, 6) is -1.65. The number of carboxylic acid groups (broad SMARTS) is 1. The molecular weight excluding hydrogens is 335 g/mol. The second-order valence-corrected chi connectivity index (χ2v) is 6.22. The van der Waals surface area contributed by atoms with Crippen LogP contribution in [0.3, 0.4) is 0 Å². The van der Waals surface area contributed by atoms with E-state index in [1.165, 1.54) is 13.0 Å². The van der Waals surface area contributed by atoms with Gasteiger partial charge in [-0.15, -0.1) is 0 Å². The Morgan fingerprint density at radius 1 is 1.19 bits per heavy atom. The summed E-state index contributed by atoms with van der Waals surface area (Å²) in [4.78, 5) is 22.7. The van der Waals surface area contributed by atoms with Gasteiger partial charge in [-0.05, 0) is 48.6 Å². The molecule has 2 rings (SSSR count). The molecule has 0 saturated heterocycles. The third-order valence-corrected chi connectivity index (χ3v) is 4.17. The number of rotatable bonds is 8. The maximum absolute atomic E-state index is 14.1. The van der Waals surface area contributed by atoms with Crippen molar-refractivity contribution in [3.8, 4) is 0 Å². The molecule has 2 aromatic carbocycles. The minimum atomic E-state index is -0.947. The van der Waals surface area contributed by atoms with Crippen LogP contribution < -0.4 is 10.6 Å². The second kappa shape index (κ2) is 9.10. The van der Waals surface area contributed by atoms with E-state index < -0.39 is 17.8 Å². The van der Waals surface area contributed by atoms with Crippen LogP contribution in [-0.2, 0) is 22.6 Å². The average Bonchev–Trinajstić information content (AvgIpc) is 2.58. The summed E-state index contributed by atoms with van der Waals surface area (Å²) < 4.78 is 14.1. The molecule has 0 radical (unpaired) electrons. The Morgan fingerprint density at radius 3 is 2.50 bits per heavy atom. The Morgan fingerprint density at radius 2 is 1.88 bits per heavy atom. The lowest BCUT2D eigenvalue weighted by atomic mass is 9.99. The van der Waals surface area contributed by atoms with Crippen molar-refractivity contribution in [2.24, 2.45) is 0 Å². The molecular formula is C20H23FN2O3. The van der Waals surface area contributed by atoms with Crippen LogP contribution in [0.1, 0.15) is 30.0 Å². The van der Waals surface area contributed by atoms with E-state index in [-0.39, 0.29) is 5.91 Å². The van der Waals surface area contributed by atoms with E-state index in [2.05, 4.69) is 10.6 Å². The minimum absolute atomic E-state index is 0.285. The van der Waals surface area contributed by atoms with Gasteiger partial charge in [0.2, 0.25) is 5.91 Å². The van der Waals surface area contributed by atoms with Crippen molar-refractivity contribution in [2.45, 2.75) is 39.3 Å². The van der Waals surface area contributed by atoms with E-state index >= 15 is 0 Å². The zero-order chi connectivity index (χ0) is 19.1. The molecule has 0 aliphatic rings. The van der Waals surface area contributed by atoms with Gasteiger partial charge in [0.25, 0.3) is 0 Å². The number of amides is 1. The fourth-order valence-electron chi connectivity index (χ4n) is 2.72. The number of carbonyl (C=O) groups excluding carboxylic acids is 1.